The minimum Gasteiger partial charge on any atom is -0.331 e. The lowest BCUT2D eigenvalue weighted by Gasteiger charge is -2.08. The molecule has 2 rings (SSSR count). The first kappa shape index (κ1) is 10.5. The van der Waals surface area contributed by atoms with Crippen LogP contribution in [0.1, 0.15) is 13.0 Å². The number of nitrogens with one attached hydrogen (secondary N) is 1. The van der Waals surface area contributed by atoms with Crippen LogP contribution in [0.15, 0.2) is 30.9 Å². The Morgan fingerprint density at radius 2 is 2.33 bits per heavy atom. The summed E-state index contributed by atoms with van der Waals surface area (Å²) in [6, 6.07) is 5.87. The molecule has 0 bridgehead atoms. The number of hydrogen-bond donors (Lipinski definition) is 1. The molecule has 0 aliphatic heterocycles. The third-order valence-corrected chi connectivity index (χ3v) is 2.96. The number of fused-ring (bicyclic) bond motifs is 1. The maximum absolute atomic E-state index is 5.91. The van der Waals surface area contributed by atoms with E-state index >= 15 is 0 Å². The van der Waals surface area contributed by atoms with Gasteiger partial charge in [0.05, 0.1) is 17.1 Å². The van der Waals surface area contributed by atoms with Crippen molar-refractivity contribution in [2.45, 2.75) is 13.0 Å². The maximum atomic E-state index is 5.91. The lowest BCUT2D eigenvalue weighted by Crippen LogP contribution is -2.01. The number of aromatic nitrogens is 2. The molecule has 4 heteroatoms. The summed E-state index contributed by atoms with van der Waals surface area (Å²) in [4.78, 5) is 3.13. The fourth-order valence-electron chi connectivity index (χ4n) is 1.61. The summed E-state index contributed by atoms with van der Waals surface area (Å²) in [5, 5.41) is 0.706. The molecule has 2 aromatic rings. The van der Waals surface area contributed by atoms with Gasteiger partial charge in [-0.25, -0.2) is 0 Å². The van der Waals surface area contributed by atoms with Crippen LogP contribution in [0.5, 0.6) is 0 Å². The van der Waals surface area contributed by atoms with Crippen molar-refractivity contribution in [3.63, 3.8) is 0 Å². The monoisotopic (exact) mass is 238 g/mol. The summed E-state index contributed by atoms with van der Waals surface area (Å²) >= 11 is 11.2. The first-order valence-electron chi connectivity index (χ1n) is 4.66. The van der Waals surface area contributed by atoms with Gasteiger partial charge in [-0.3, -0.25) is 0 Å². The average Bonchev–Trinajstić information content (AvgIpc) is 2.52. The molecule has 0 radical (unpaired) electrons. The Kier molecular flexibility index (Phi) is 2.67. The molecule has 1 N–H and O–H groups in total. The molecule has 0 saturated carbocycles. The zero-order valence-corrected chi connectivity index (χ0v) is 9.90. The topological polar surface area (TPSA) is 20.7 Å². The van der Waals surface area contributed by atoms with Crippen LogP contribution in [0.3, 0.4) is 0 Å². The van der Waals surface area contributed by atoms with Crippen molar-refractivity contribution in [3.8, 4) is 0 Å². The van der Waals surface area contributed by atoms with Crippen LogP contribution >= 0.6 is 23.8 Å². The molecule has 0 amide bonds. The number of halogens is 1. The Morgan fingerprint density at radius 3 is 3.00 bits per heavy atom. The lowest BCUT2D eigenvalue weighted by molar-refractivity contribution is 0.673. The third kappa shape index (κ3) is 1.73. The normalized spacial score (nSPS) is 12.9. The van der Waals surface area contributed by atoms with Gasteiger partial charge in [-0.2, -0.15) is 0 Å². The molecule has 1 aromatic carbocycles. The highest BCUT2D eigenvalue weighted by Gasteiger charge is 2.08. The van der Waals surface area contributed by atoms with Gasteiger partial charge >= 0.3 is 0 Å². The number of imidazole rings is 1. The minimum absolute atomic E-state index is 0.174. The number of H-pyrrole nitrogens is 1. The lowest BCUT2D eigenvalue weighted by atomic mass is 10.3. The molecule has 0 saturated heterocycles. The zero-order valence-electron chi connectivity index (χ0n) is 8.33. The Balaban J connectivity index is 2.79. The fourth-order valence-corrected chi connectivity index (χ4v) is 2.16. The number of allylic oxidation sites excluding steroid dienone is 1. The molecule has 0 spiro atoms. The van der Waals surface area contributed by atoms with Gasteiger partial charge in [0.15, 0.2) is 4.77 Å². The van der Waals surface area contributed by atoms with Crippen LogP contribution in [-0.4, -0.2) is 9.55 Å². The van der Waals surface area contributed by atoms with Crippen molar-refractivity contribution in [1.82, 2.24) is 9.55 Å². The van der Waals surface area contributed by atoms with Gasteiger partial charge in [-0.1, -0.05) is 17.7 Å². The van der Waals surface area contributed by atoms with Crippen molar-refractivity contribution < 1.29 is 0 Å². The standard InChI is InChI=1S/C11H11ClN2S/c1-3-7(2)14-10-5-4-8(12)6-9(10)13-11(14)15/h3-7H,1H2,2H3,(H,13,15). The van der Waals surface area contributed by atoms with E-state index in [9.17, 15) is 0 Å². The molecular weight excluding hydrogens is 228 g/mol. The highest BCUT2D eigenvalue weighted by Crippen LogP contribution is 2.22. The van der Waals surface area contributed by atoms with Gasteiger partial charge in [0.1, 0.15) is 0 Å². The molecule has 0 fully saturated rings. The summed E-state index contributed by atoms with van der Waals surface area (Å²) in [7, 11) is 0. The molecule has 1 heterocycles. The van der Waals surface area contributed by atoms with Crippen molar-refractivity contribution >= 4 is 34.9 Å². The molecule has 2 nitrogen and oxygen atoms in total. The van der Waals surface area contributed by atoms with Crippen LogP contribution in [-0.2, 0) is 0 Å². The molecule has 15 heavy (non-hydrogen) atoms. The van der Waals surface area contributed by atoms with Crippen LogP contribution in [0, 0.1) is 4.77 Å². The van der Waals surface area contributed by atoms with E-state index in [1.54, 1.807) is 0 Å². The molecular formula is C11H11ClN2S. The van der Waals surface area contributed by atoms with E-state index in [0.717, 1.165) is 11.0 Å². The summed E-state index contributed by atoms with van der Waals surface area (Å²) in [6.45, 7) is 5.82. The van der Waals surface area contributed by atoms with Crippen molar-refractivity contribution in [1.29, 1.82) is 0 Å². The van der Waals surface area contributed by atoms with Gasteiger partial charge in [-0.05, 0) is 37.3 Å². The second-order valence-electron chi connectivity index (χ2n) is 3.44. The maximum Gasteiger partial charge on any atom is 0.178 e. The Hall–Kier alpha value is -1.06. The predicted octanol–water partition coefficient (Wildman–Crippen LogP) is 4.10. The van der Waals surface area contributed by atoms with E-state index in [4.69, 9.17) is 23.8 Å². The Bertz CT molecular complexity index is 567. The van der Waals surface area contributed by atoms with E-state index < -0.39 is 0 Å². The SMILES string of the molecule is C=CC(C)n1c(=S)[nH]c2cc(Cl)ccc21. The van der Waals surface area contributed by atoms with Crippen LogP contribution in [0.2, 0.25) is 5.02 Å². The molecule has 78 valence electrons. The first-order chi connectivity index (χ1) is 7.13. The van der Waals surface area contributed by atoms with Crippen molar-refractivity contribution in [2.75, 3.05) is 0 Å². The minimum atomic E-state index is 0.174. The molecule has 0 aliphatic carbocycles. The summed E-state index contributed by atoms with van der Waals surface area (Å²) in [6.07, 6.45) is 1.86. The Morgan fingerprint density at radius 1 is 1.60 bits per heavy atom. The highest BCUT2D eigenvalue weighted by atomic mass is 35.5. The van der Waals surface area contributed by atoms with Gasteiger partial charge in [0.2, 0.25) is 0 Å². The summed E-state index contributed by atoms with van der Waals surface area (Å²) in [5.74, 6) is 0. The van der Waals surface area contributed by atoms with E-state index in [2.05, 4.69) is 11.6 Å². The first-order valence-corrected chi connectivity index (χ1v) is 5.44. The average molecular weight is 239 g/mol. The van der Waals surface area contributed by atoms with Crippen LogP contribution < -0.4 is 0 Å². The van der Waals surface area contributed by atoms with E-state index in [1.807, 2.05) is 35.8 Å². The van der Waals surface area contributed by atoms with Gasteiger partial charge in [0, 0.05) is 5.02 Å². The fraction of sp³-hybridized carbons (Fsp3) is 0.182. The van der Waals surface area contributed by atoms with E-state index in [0.29, 0.717) is 9.79 Å². The number of hydrogen-bond acceptors (Lipinski definition) is 1. The second-order valence-corrected chi connectivity index (χ2v) is 4.26. The summed E-state index contributed by atoms with van der Waals surface area (Å²) < 4.78 is 2.72. The van der Waals surface area contributed by atoms with Gasteiger partial charge in [0.25, 0.3) is 0 Å². The van der Waals surface area contributed by atoms with E-state index in [-0.39, 0.29) is 6.04 Å². The Labute approximate surface area is 98.2 Å². The van der Waals surface area contributed by atoms with Crippen LogP contribution in [0.4, 0.5) is 0 Å². The molecule has 1 unspecified atom stereocenters. The smallest absolute Gasteiger partial charge is 0.178 e. The molecule has 1 atom stereocenters. The van der Waals surface area contributed by atoms with Gasteiger partial charge in [-0.15, -0.1) is 6.58 Å². The number of nitrogens with zero attached hydrogens (tertiary/aromatic N) is 1. The zero-order chi connectivity index (χ0) is 11.0. The molecule has 0 aliphatic rings. The largest absolute Gasteiger partial charge is 0.331 e. The molecule has 1 aromatic heterocycles. The predicted molar refractivity (Wildman–Crippen MR) is 67.0 cm³/mol. The van der Waals surface area contributed by atoms with Crippen molar-refractivity contribution in [2.24, 2.45) is 0 Å². The number of rotatable bonds is 2. The van der Waals surface area contributed by atoms with Crippen molar-refractivity contribution in [3.05, 3.63) is 40.6 Å². The number of aromatic amines is 1. The number of benzene rings is 1. The van der Waals surface area contributed by atoms with E-state index in [1.165, 1.54) is 0 Å². The highest BCUT2D eigenvalue weighted by molar-refractivity contribution is 7.71. The van der Waals surface area contributed by atoms with Gasteiger partial charge < -0.3 is 9.55 Å². The third-order valence-electron chi connectivity index (χ3n) is 2.43. The quantitative estimate of drug-likeness (QED) is 0.617. The second kappa shape index (κ2) is 3.83. The van der Waals surface area contributed by atoms with Crippen LogP contribution in [0.25, 0.3) is 11.0 Å². The summed E-state index contributed by atoms with van der Waals surface area (Å²) in [5.41, 5.74) is 2.01.